The first-order valence-electron chi connectivity index (χ1n) is 11.3. The normalized spacial score (nSPS) is 16.6. The van der Waals surface area contributed by atoms with Crippen molar-refractivity contribution in [3.05, 3.63) is 89.1 Å². The van der Waals surface area contributed by atoms with Gasteiger partial charge in [-0.05, 0) is 60.9 Å². The summed E-state index contributed by atoms with van der Waals surface area (Å²) >= 11 is 0. The van der Waals surface area contributed by atoms with E-state index in [4.69, 9.17) is 14.2 Å². The fourth-order valence-electron chi connectivity index (χ4n) is 4.91. The molecule has 0 saturated carbocycles. The zero-order chi connectivity index (χ0) is 22.4. The zero-order valence-electron chi connectivity index (χ0n) is 18.3. The number of para-hydroxylation sites is 1. The quantitative estimate of drug-likeness (QED) is 0.481. The largest absolute Gasteiger partial charge is 0.494 e. The van der Waals surface area contributed by atoms with Crippen LogP contribution in [0.5, 0.6) is 17.2 Å². The number of aromatic amines is 1. The molecule has 6 rings (SSSR count). The maximum atomic E-state index is 13.8. The van der Waals surface area contributed by atoms with E-state index in [9.17, 15) is 4.79 Å². The number of rotatable bonds is 4. The van der Waals surface area contributed by atoms with Gasteiger partial charge >= 0.3 is 0 Å². The molecule has 33 heavy (non-hydrogen) atoms. The lowest BCUT2D eigenvalue weighted by Gasteiger charge is -2.36. The second kappa shape index (κ2) is 7.89. The van der Waals surface area contributed by atoms with Gasteiger partial charge in [-0.25, -0.2) is 0 Å². The molecule has 4 aromatic rings. The molecule has 0 fully saturated rings. The second-order valence-electron chi connectivity index (χ2n) is 8.28. The van der Waals surface area contributed by atoms with Gasteiger partial charge in [-0.2, -0.15) is 0 Å². The number of amides is 1. The van der Waals surface area contributed by atoms with Gasteiger partial charge in [0.25, 0.3) is 5.91 Å². The van der Waals surface area contributed by atoms with Crippen molar-refractivity contribution in [2.24, 2.45) is 0 Å². The van der Waals surface area contributed by atoms with Crippen molar-refractivity contribution in [3.8, 4) is 17.2 Å². The van der Waals surface area contributed by atoms with Crippen molar-refractivity contribution in [1.82, 2.24) is 9.88 Å². The third-order valence-electron chi connectivity index (χ3n) is 6.42. The Hall–Kier alpha value is -3.93. The van der Waals surface area contributed by atoms with Crippen molar-refractivity contribution < 1.29 is 19.0 Å². The Balaban J connectivity index is 1.45. The van der Waals surface area contributed by atoms with Gasteiger partial charge < -0.3 is 24.1 Å². The van der Waals surface area contributed by atoms with Crippen LogP contribution in [0.1, 0.15) is 40.1 Å². The summed E-state index contributed by atoms with van der Waals surface area (Å²) in [5.41, 5.74) is 5.07. The summed E-state index contributed by atoms with van der Waals surface area (Å²) in [7, 11) is 0. The van der Waals surface area contributed by atoms with E-state index >= 15 is 0 Å². The lowest BCUT2D eigenvalue weighted by atomic mass is 9.91. The number of nitrogens with one attached hydrogen (secondary N) is 1. The SMILES string of the molecule is CCOc1ccc([C@H]2c3[nH]c4ccccc4c3CCN2C(=O)c2ccc3c(c2)OCO3)cc1. The fourth-order valence-corrected chi connectivity index (χ4v) is 4.91. The topological polar surface area (TPSA) is 63.8 Å². The summed E-state index contributed by atoms with van der Waals surface area (Å²) in [5.74, 6) is 2.08. The van der Waals surface area contributed by atoms with E-state index in [1.807, 2.05) is 36.1 Å². The molecule has 6 heteroatoms. The number of hydrogen-bond acceptors (Lipinski definition) is 4. The van der Waals surface area contributed by atoms with Gasteiger partial charge in [-0.15, -0.1) is 0 Å². The maximum Gasteiger partial charge on any atom is 0.254 e. The van der Waals surface area contributed by atoms with Crippen molar-refractivity contribution in [1.29, 1.82) is 0 Å². The highest BCUT2D eigenvalue weighted by Crippen LogP contribution is 2.40. The lowest BCUT2D eigenvalue weighted by Crippen LogP contribution is -2.40. The van der Waals surface area contributed by atoms with E-state index in [-0.39, 0.29) is 18.7 Å². The first kappa shape index (κ1) is 19.7. The molecule has 1 aromatic heterocycles. The number of benzene rings is 3. The van der Waals surface area contributed by atoms with Crippen molar-refractivity contribution in [2.45, 2.75) is 19.4 Å². The molecule has 2 aliphatic heterocycles. The Kier molecular flexibility index (Phi) is 4.72. The highest BCUT2D eigenvalue weighted by molar-refractivity contribution is 5.96. The summed E-state index contributed by atoms with van der Waals surface area (Å²) in [6.07, 6.45) is 0.795. The van der Waals surface area contributed by atoms with E-state index in [0.717, 1.165) is 28.9 Å². The van der Waals surface area contributed by atoms with Crippen LogP contribution in [-0.2, 0) is 6.42 Å². The third-order valence-corrected chi connectivity index (χ3v) is 6.42. The summed E-state index contributed by atoms with van der Waals surface area (Å²) in [6, 6.07) is 21.5. The van der Waals surface area contributed by atoms with Crippen LogP contribution in [0, 0.1) is 0 Å². The minimum absolute atomic E-state index is 0.0310. The van der Waals surface area contributed by atoms with E-state index in [1.54, 1.807) is 12.1 Å². The monoisotopic (exact) mass is 440 g/mol. The second-order valence-corrected chi connectivity index (χ2v) is 8.28. The number of aromatic nitrogens is 1. The van der Waals surface area contributed by atoms with E-state index in [2.05, 4.69) is 35.3 Å². The summed E-state index contributed by atoms with van der Waals surface area (Å²) in [6.45, 7) is 3.39. The Morgan fingerprint density at radius 1 is 1.06 bits per heavy atom. The van der Waals surface area contributed by atoms with E-state index < -0.39 is 0 Å². The Morgan fingerprint density at radius 3 is 2.73 bits per heavy atom. The molecular weight excluding hydrogens is 416 g/mol. The minimum atomic E-state index is -0.227. The molecule has 2 aliphatic rings. The molecule has 0 unspecified atom stereocenters. The molecule has 0 aliphatic carbocycles. The molecule has 0 radical (unpaired) electrons. The number of carbonyl (C=O) groups excluding carboxylic acids is 1. The van der Waals surface area contributed by atoms with Gasteiger partial charge in [0.2, 0.25) is 6.79 Å². The van der Waals surface area contributed by atoms with Crippen LogP contribution in [0.4, 0.5) is 0 Å². The average Bonchev–Trinajstić information content (AvgIpc) is 3.47. The predicted octanol–water partition coefficient (Wildman–Crippen LogP) is 5.08. The van der Waals surface area contributed by atoms with Gasteiger partial charge in [-0.1, -0.05) is 30.3 Å². The number of carbonyl (C=O) groups is 1. The summed E-state index contributed by atoms with van der Waals surface area (Å²) in [4.78, 5) is 19.3. The van der Waals surface area contributed by atoms with Crippen LogP contribution < -0.4 is 14.2 Å². The van der Waals surface area contributed by atoms with Gasteiger partial charge in [-0.3, -0.25) is 4.79 Å². The Labute approximate surface area is 191 Å². The number of H-pyrrole nitrogens is 1. The van der Waals surface area contributed by atoms with Crippen molar-refractivity contribution >= 4 is 16.8 Å². The first-order chi connectivity index (χ1) is 16.2. The van der Waals surface area contributed by atoms with Gasteiger partial charge in [0.1, 0.15) is 5.75 Å². The van der Waals surface area contributed by atoms with Gasteiger partial charge in [0.05, 0.1) is 12.6 Å². The fraction of sp³-hybridized carbons (Fsp3) is 0.222. The lowest BCUT2D eigenvalue weighted by molar-refractivity contribution is 0.0691. The summed E-state index contributed by atoms with van der Waals surface area (Å²) < 4.78 is 16.6. The minimum Gasteiger partial charge on any atom is -0.494 e. The van der Waals surface area contributed by atoms with Crippen molar-refractivity contribution in [3.63, 3.8) is 0 Å². The number of ether oxygens (including phenoxy) is 3. The molecule has 0 saturated heterocycles. The molecule has 1 amide bonds. The molecule has 6 nitrogen and oxygen atoms in total. The van der Waals surface area contributed by atoms with Crippen LogP contribution in [0.2, 0.25) is 0 Å². The molecular formula is C27H24N2O4. The molecule has 3 heterocycles. The molecule has 1 atom stereocenters. The van der Waals surface area contributed by atoms with Crippen LogP contribution >= 0.6 is 0 Å². The molecule has 0 spiro atoms. The highest BCUT2D eigenvalue weighted by Gasteiger charge is 2.35. The predicted molar refractivity (Wildman–Crippen MR) is 125 cm³/mol. The molecule has 0 bridgehead atoms. The summed E-state index contributed by atoms with van der Waals surface area (Å²) in [5, 5.41) is 1.22. The highest BCUT2D eigenvalue weighted by atomic mass is 16.7. The van der Waals surface area contributed by atoms with Crippen LogP contribution in [0.25, 0.3) is 10.9 Å². The average molecular weight is 440 g/mol. The molecule has 1 N–H and O–H groups in total. The van der Waals surface area contributed by atoms with Gasteiger partial charge in [0, 0.05) is 28.7 Å². The number of fused-ring (bicyclic) bond motifs is 4. The van der Waals surface area contributed by atoms with Gasteiger partial charge in [0.15, 0.2) is 11.5 Å². The van der Waals surface area contributed by atoms with E-state index in [0.29, 0.717) is 30.2 Å². The maximum absolute atomic E-state index is 13.8. The molecule has 166 valence electrons. The standard InChI is InChI=1S/C27H24N2O4/c1-2-31-19-10-7-17(8-11-19)26-25-21(20-5-3-4-6-22(20)28-25)13-14-29(26)27(30)18-9-12-23-24(15-18)33-16-32-23/h3-12,15,26,28H,2,13-14,16H2,1H3/t26-/m0/s1. The number of nitrogens with zero attached hydrogens (tertiary/aromatic N) is 1. The Bertz CT molecular complexity index is 1340. The van der Waals surface area contributed by atoms with Crippen LogP contribution in [0.3, 0.4) is 0 Å². The van der Waals surface area contributed by atoms with Crippen LogP contribution in [0.15, 0.2) is 66.7 Å². The van der Waals surface area contributed by atoms with E-state index in [1.165, 1.54) is 10.9 Å². The van der Waals surface area contributed by atoms with Crippen molar-refractivity contribution in [2.75, 3.05) is 19.9 Å². The Morgan fingerprint density at radius 2 is 1.88 bits per heavy atom. The van der Waals surface area contributed by atoms with Crippen LogP contribution in [-0.4, -0.2) is 35.7 Å². The third kappa shape index (κ3) is 3.30. The smallest absolute Gasteiger partial charge is 0.254 e. The molecule has 3 aromatic carbocycles. The zero-order valence-corrected chi connectivity index (χ0v) is 18.3. The number of hydrogen-bond donors (Lipinski definition) is 1. The first-order valence-corrected chi connectivity index (χ1v) is 11.3.